The lowest BCUT2D eigenvalue weighted by molar-refractivity contribution is 0.0825. The SMILES string of the molecule is CC.CC.CO.COCCN1CCN(CCN(C)C2CCC2)CC1. The molecule has 5 nitrogen and oxygen atoms in total. The molecule has 1 heterocycles. The van der Waals surface area contributed by atoms with Gasteiger partial charge in [-0.2, -0.15) is 0 Å². The average molecular weight is 348 g/mol. The van der Waals surface area contributed by atoms with Crippen LogP contribution in [0.2, 0.25) is 0 Å². The van der Waals surface area contributed by atoms with Gasteiger partial charge >= 0.3 is 0 Å². The third-order valence-electron chi connectivity index (χ3n) is 4.54. The van der Waals surface area contributed by atoms with E-state index < -0.39 is 0 Å². The third kappa shape index (κ3) is 11.4. The summed E-state index contributed by atoms with van der Waals surface area (Å²) in [5.74, 6) is 0. The van der Waals surface area contributed by atoms with Gasteiger partial charge in [0.2, 0.25) is 0 Å². The van der Waals surface area contributed by atoms with E-state index in [0.717, 1.165) is 26.3 Å². The lowest BCUT2D eigenvalue weighted by atomic mass is 9.92. The first-order chi connectivity index (χ1) is 11.8. The molecule has 0 spiro atoms. The van der Waals surface area contributed by atoms with E-state index in [-0.39, 0.29) is 0 Å². The molecule has 0 aromatic heterocycles. The van der Waals surface area contributed by atoms with Crippen LogP contribution in [0.1, 0.15) is 47.0 Å². The number of aliphatic hydroxyl groups is 1. The van der Waals surface area contributed by atoms with Crippen LogP contribution in [0.25, 0.3) is 0 Å². The van der Waals surface area contributed by atoms with Gasteiger partial charge in [0.15, 0.2) is 0 Å². The number of aliphatic hydroxyl groups excluding tert-OH is 1. The van der Waals surface area contributed by atoms with Crippen LogP contribution in [0, 0.1) is 0 Å². The van der Waals surface area contributed by atoms with Crippen molar-refractivity contribution in [2.75, 3.05) is 73.7 Å². The Morgan fingerprint density at radius 2 is 1.38 bits per heavy atom. The Morgan fingerprint density at radius 1 is 0.917 bits per heavy atom. The molecule has 5 heteroatoms. The van der Waals surface area contributed by atoms with E-state index in [9.17, 15) is 0 Å². The molecule has 1 saturated carbocycles. The van der Waals surface area contributed by atoms with Gasteiger partial charge in [-0.25, -0.2) is 0 Å². The topological polar surface area (TPSA) is 39.2 Å². The molecular formula is C19H45N3O2. The highest BCUT2D eigenvalue weighted by Gasteiger charge is 2.22. The van der Waals surface area contributed by atoms with Gasteiger partial charge in [0, 0.05) is 66.1 Å². The van der Waals surface area contributed by atoms with Crippen LogP contribution in [0.15, 0.2) is 0 Å². The number of methoxy groups -OCH3 is 1. The third-order valence-corrected chi connectivity index (χ3v) is 4.54. The number of hydrogen-bond acceptors (Lipinski definition) is 5. The Balaban J connectivity index is 0. The minimum absolute atomic E-state index is 0.865. The maximum atomic E-state index is 7.00. The van der Waals surface area contributed by atoms with Gasteiger partial charge in [0.25, 0.3) is 0 Å². The van der Waals surface area contributed by atoms with Crippen LogP contribution in [-0.4, -0.2) is 99.5 Å². The number of piperazine rings is 1. The molecule has 2 fully saturated rings. The largest absolute Gasteiger partial charge is 0.400 e. The summed E-state index contributed by atoms with van der Waals surface area (Å²) < 4.78 is 5.13. The minimum Gasteiger partial charge on any atom is -0.400 e. The van der Waals surface area contributed by atoms with Crippen molar-refractivity contribution in [2.45, 2.75) is 53.0 Å². The maximum absolute atomic E-state index is 7.00. The molecule has 0 bridgehead atoms. The Labute approximate surface area is 152 Å². The molecule has 24 heavy (non-hydrogen) atoms. The average Bonchev–Trinajstić information content (AvgIpc) is 2.63. The van der Waals surface area contributed by atoms with Gasteiger partial charge in [0.1, 0.15) is 0 Å². The number of ether oxygens (including phenoxy) is 1. The van der Waals surface area contributed by atoms with E-state index in [2.05, 4.69) is 21.7 Å². The summed E-state index contributed by atoms with van der Waals surface area (Å²) in [6.45, 7) is 17.3. The smallest absolute Gasteiger partial charge is 0.0589 e. The lowest BCUT2D eigenvalue weighted by Crippen LogP contribution is -2.50. The quantitative estimate of drug-likeness (QED) is 0.766. The Hall–Kier alpha value is -0.200. The van der Waals surface area contributed by atoms with Gasteiger partial charge < -0.3 is 14.7 Å². The molecule has 2 aliphatic rings. The van der Waals surface area contributed by atoms with Crippen LogP contribution >= 0.6 is 0 Å². The van der Waals surface area contributed by atoms with Crippen molar-refractivity contribution in [3.05, 3.63) is 0 Å². The first kappa shape index (κ1) is 26.0. The van der Waals surface area contributed by atoms with E-state index in [4.69, 9.17) is 9.84 Å². The first-order valence-electron chi connectivity index (χ1n) is 9.88. The summed E-state index contributed by atoms with van der Waals surface area (Å²) in [5, 5.41) is 7.00. The van der Waals surface area contributed by atoms with Crippen LogP contribution in [0.5, 0.6) is 0 Å². The van der Waals surface area contributed by atoms with Crippen molar-refractivity contribution >= 4 is 0 Å². The molecule has 0 aromatic carbocycles. The van der Waals surface area contributed by atoms with Crippen LogP contribution in [-0.2, 0) is 4.74 Å². The lowest BCUT2D eigenvalue weighted by Gasteiger charge is -2.38. The second kappa shape index (κ2) is 19.1. The highest BCUT2D eigenvalue weighted by Crippen LogP contribution is 2.23. The second-order valence-electron chi connectivity index (χ2n) is 5.74. The molecule has 1 aliphatic heterocycles. The van der Waals surface area contributed by atoms with Crippen molar-refractivity contribution in [1.29, 1.82) is 0 Å². The molecule has 148 valence electrons. The van der Waals surface area contributed by atoms with Gasteiger partial charge in [0.05, 0.1) is 6.61 Å². The zero-order valence-electron chi connectivity index (χ0n) is 17.6. The minimum atomic E-state index is 0.865. The van der Waals surface area contributed by atoms with Crippen LogP contribution in [0.3, 0.4) is 0 Å². The van der Waals surface area contributed by atoms with E-state index >= 15 is 0 Å². The summed E-state index contributed by atoms with van der Waals surface area (Å²) in [4.78, 5) is 7.68. The molecule has 0 amide bonds. The predicted octanol–water partition coefficient (Wildman–Crippen LogP) is 2.40. The summed E-state index contributed by atoms with van der Waals surface area (Å²) in [6.07, 6.45) is 4.27. The standard InChI is InChI=1S/C14H29N3O.2C2H6.CH4O/c1-15(14-4-3-5-14)6-7-16-8-10-17(11-9-16)12-13-18-2;3*1-2/h14H,3-13H2,1-2H3;2*1-2H3;2H,1H3. The molecule has 1 saturated heterocycles. The zero-order valence-corrected chi connectivity index (χ0v) is 17.6. The van der Waals surface area contributed by atoms with Crippen molar-refractivity contribution in [3.8, 4) is 0 Å². The zero-order chi connectivity index (χ0) is 18.8. The Morgan fingerprint density at radius 3 is 1.75 bits per heavy atom. The van der Waals surface area contributed by atoms with Crippen molar-refractivity contribution in [1.82, 2.24) is 14.7 Å². The summed E-state index contributed by atoms with van der Waals surface area (Å²) in [7, 11) is 5.07. The van der Waals surface area contributed by atoms with Crippen molar-refractivity contribution < 1.29 is 9.84 Å². The summed E-state index contributed by atoms with van der Waals surface area (Å²) in [5.41, 5.74) is 0. The molecule has 0 aromatic rings. The molecule has 0 radical (unpaired) electrons. The molecular weight excluding hydrogens is 302 g/mol. The van der Waals surface area contributed by atoms with Crippen molar-refractivity contribution in [2.24, 2.45) is 0 Å². The molecule has 2 rings (SSSR count). The fourth-order valence-corrected chi connectivity index (χ4v) is 2.77. The fourth-order valence-electron chi connectivity index (χ4n) is 2.77. The highest BCUT2D eigenvalue weighted by atomic mass is 16.5. The van der Waals surface area contributed by atoms with Crippen molar-refractivity contribution in [3.63, 3.8) is 0 Å². The summed E-state index contributed by atoms with van der Waals surface area (Å²) in [6, 6.07) is 0.882. The van der Waals surface area contributed by atoms with Crippen LogP contribution < -0.4 is 0 Å². The van der Waals surface area contributed by atoms with E-state index in [1.165, 1.54) is 58.5 Å². The molecule has 0 atom stereocenters. The monoisotopic (exact) mass is 347 g/mol. The highest BCUT2D eigenvalue weighted by molar-refractivity contribution is 4.79. The normalized spacial score (nSPS) is 18.4. The fraction of sp³-hybridized carbons (Fsp3) is 1.00. The number of hydrogen-bond donors (Lipinski definition) is 1. The predicted molar refractivity (Wildman–Crippen MR) is 106 cm³/mol. The van der Waals surface area contributed by atoms with Gasteiger partial charge in [-0.15, -0.1) is 0 Å². The van der Waals surface area contributed by atoms with Gasteiger partial charge in [-0.3, -0.25) is 9.80 Å². The first-order valence-corrected chi connectivity index (χ1v) is 9.88. The Kier molecular flexibility index (Phi) is 20.7. The molecule has 0 unspecified atom stereocenters. The number of nitrogens with zero attached hydrogens (tertiary/aromatic N) is 3. The molecule has 1 N–H and O–H groups in total. The maximum Gasteiger partial charge on any atom is 0.0589 e. The van der Waals surface area contributed by atoms with Gasteiger partial charge in [-0.1, -0.05) is 34.1 Å². The summed E-state index contributed by atoms with van der Waals surface area (Å²) >= 11 is 0. The second-order valence-corrected chi connectivity index (χ2v) is 5.74. The number of likely N-dealkylation sites (N-methyl/N-ethyl adjacent to an activating group) is 1. The van der Waals surface area contributed by atoms with Gasteiger partial charge in [-0.05, 0) is 19.9 Å². The van der Waals surface area contributed by atoms with E-state index in [1.54, 1.807) is 7.11 Å². The van der Waals surface area contributed by atoms with E-state index in [0.29, 0.717) is 0 Å². The number of rotatable bonds is 7. The Bertz CT molecular complexity index is 231. The van der Waals surface area contributed by atoms with E-state index in [1.807, 2.05) is 27.7 Å². The molecule has 1 aliphatic carbocycles. The van der Waals surface area contributed by atoms with Crippen LogP contribution in [0.4, 0.5) is 0 Å².